The summed E-state index contributed by atoms with van der Waals surface area (Å²) >= 11 is 0. The summed E-state index contributed by atoms with van der Waals surface area (Å²) in [5, 5.41) is 11.6. The van der Waals surface area contributed by atoms with E-state index in [1.165, 1.54) is 24.3 Å². The van der Waals surface area contributed by atoms with Gasteiger partial charge in [0.2, 0.25) is 40.7 Å². The Labute approximate surface area is 125 Å². The summed E-state index contributed by atoms with van der Waals surface area (Å²) < 4.78 is 71.0. The van der Waals surface area contributed by atoms with Crippen molar-refractivity contribution in [2.24, 2.45) is 0 Å². The van der Waals surface area contributed by atoms with Crippen LogP contribution < -0.4 is 4.74 Å². The van der Waals surface area contributed by atoms with Crippen LogP contribution in [0.1, 0.15) is 0 Å². The lowest BCUT2D eigenvalue weighted by Crippen LogP contribution is -2.04. The average Bonchev–Trinajstić information content (AvgIpc) is 2.55. The Bertz CT molecular complexity index is 900. The number of hydrogen-bond donors (Lipinski definition) is 0. The van der Waals surface area contributed by atoms with Crippen molar-refractivity contribution in [2.45, 2.75) is 0 Å². The van der Waals surface area contributed by atoms with Crippen LogP contribution in [0.5, 0.6) is 17.4 Å². The molecule has 1 radical (unpaired) electrons. The van der Waals surface area contributed by atoms with E-state index < -0.39 is 34.8 Å². The summed E-state index contributed by atoms with van der Waals surface area (Å²) in [7, 11) is 0. The zero-order valence-corrected chi connectivity index (χ0v) is 11.0. The zero-order chi connectivity index (χ0) is 16.7. The van der Waals surface area contributed by atoms with E-state index in [9.17, 15) is 27.1 Å². The van der Waals surface area contributed by atoms with Crippen molar-refractivity contribution in [3.63, 3.8) is 0 Å². The predicted octanol–water partition coefficient (Wildman–Crippen LogP) is 4.87. The zero-order valence-electron chi connectivity index (χ0n) is 11.0. The first-order valence-corrected chi connectivity index (χ1v) is 6.15. The Kier molecular flexibility index (Phi) is 3.51. The second kappa shape index (κ2) is 5.38. The molecule has 0 fully saturated rings. The molecule has 0 aliphatic carbocycles. The molecular weight excluding hydrogens is 321 g/mol. The van der Waals surface area contributed by atoms with E-state index in [0.717, 1.165) is 6.07 Å². The monoisotopic (exact) mass is 326 g/mol. The summed E-state index contributed by atoms with van der Waals surface area (Å²) in [5.41, 5.74) is 0.256. The maximum atomic E-state index is 13.5. The molecule has 1 heterocycles. The first-order chi connectivity index (χ1) is 10.9. The van der Waals surface area contributed by atoms with Crippen LogP contribution in [0.15, 0.2) is 30.3 Å². The maximum absolute atomic E-state index is 13.5. The molecule has 3 nitrogen and oxygen atoms in total. The highest BCUT2D eigenvalue weighted by Gasteiger charge is 2.27. The Morgan fingerprint density at radius 3 is 2.04 bits per heavy atom. The number of pyridine rings is 1. The Morgan fingerprint density at radius 1 is 0.783 bits per heavy atom. The lowest BCUT2D eigenvalue weighted by atomic mass is 10.2. The third-order valence-electron chi connectivity index (χ3n) is 3.01. The third-order valence-corrected chi connectivity index (χ3v) is 3.01. The van der Waals surface area contributed by atoms with Gasteiger partial charge in [0.25, 0.3) is 0 Å². The van der Waals surface area contributed by atoms with Crippen LogP contribution in [0.25, 0.3) is 10.9 Å². The molecule has 3 rings (SSSR count). The maximum Gasteiger partial charge on any atom is 0.220 e. The smallest absolute Gasteiger partial charge is 0.220 e. The van der Waals surface area contributed by atoms with Crippen LogP contribution >= 0.6 is 0 Å². The highest BCUT2D eigenvalue weighted by Crippen LogP contribution is 2.32. The fraction of sp³-hybridized carbons (Fsp3) is 0. The Morgan fingerprint density at radius 2 is 1.39 bits per heavy atom. The first kappa shape index (κ1) is 15.0. The van der Waals surface area contributed by atoms with Gasteiger partial charge in [-0.15, -0.1) is 0 Å². The minimum absolute atomic E-state index is 0.256. The van der Waals surface area contributed by atoms with Gasteiger partial charge in [-0.25, -0.2) is 18.2 Å². The van der Waals surface area contributed by atoms with Crippen molar-refractivity contribution < 1.29 is 31.8 Å². The molecule has 0 unspecified atom stereocenters. The van der Waals surface area contributed by atoms with E-state index in [-0.39, 0.29) is 17.1 Å². The van der Waals surface area contributed by atoms with Gasteiger partial charge in [-0.2, -0.15) is 8.78 Å². The van der Waals surface area contributed by atoms with E-state index in [1.54, 1.807) is 0 Å². The second-order valence-corrected chi connectivity index (χ2v) is 4.51. The Hall–Kier alpha value is -2.90. The van der Waals surface area contributed by atoms with Crippen molar-refractivity contribution in [3.8, 4) is 17.4 Å². The number of hydrogen-bond acceptors (Lipinski definition) is 2. The molecule has 0 spiro atoms. The molecule has 0 amide bonds. The highest BCUT2D eigenvalue weighted by atomic mass is 19.2. The number of aromatic nitrogens is 1. The summed E-state index contributed by atoms with van der Waals surface area (Å²) in [4.78, 5) is 3.84. The molecule has 0 aliphatic heterocycles. The minimum Gasteiger partial charge on any atom is -0.433 e. The topological polar surface area (TPSA) is 42.0 Å². The van der Waals surface area contributed by atoms with Crippen LogP contribution in [0.3, 0.4) is 0 Å². The average molecular weight is 326 g/mol. The van der Waals surface area contributed by atoms with Crippen molar-refractivity contribution in [1.82, 2.24) is 4.98 Å². The van der Waals surface area contributed by atoms with Crippen molar-refractivity contribution >= 4 is 10.9 Å². The fourth-order valence-corrected chi connectivity index (χ4v) is 1.92. The van der Waals surface area contributed by atoms with Gasteiger partial charge in [-0.1, -0.05) is 0 Å². The van der Waals surface area contributed by atoms with Gasteiger partial charge in [0.05, 0.1) is 5.52 Å². The van der Waals surface area contributed by atoms with E-state index >= 15 is 0 Å². The standard InChI is InChI=1S/C15H5F5NO2/c16-10-11(17)13(19)15(14(20)12(10)18)23-9-4-1-6-5-7(22)2-3-8(6)21-9/h1-5H. The molecule has 0 saturated carbocycles. The van der Waals surface area contributed by atoms with Crippen molar-refractivity contribution in [1.29, 1.82) is 0 Å². The normalized spacial score (nSPS) is 11.0. The van der Waals surface area contributed by atoms with Crippen LogP contribution in [-0.4, -0.2) is 4.98 Å². The molecule has 0 N–H and O–H groups in total. The number of rotatable bonds is 2. The molecule has 0 aliphatic rings. The van der Waals surface area contributed by atoms with Gasteiger partial charge in [0.1, 0.15) is 0 Å². The van der Waals surface area contributed by atoms with E-state index in [2.05, 4.69) is 4.98 Å². The number of halogens is 5. The Balaban J connectivity index is 2.07. The second-order valence-electron chi connectivity index (χ2n) is 4.51. The summed E-state index contributed by atoms with van der Waals surface area (Å²) in [6.45, 7) is 0. The van der Waals surface area contributed by atoms with Crippen LogP contribution in [-0.2, 0) is 5.11 Å². The highest BCUT2D eigenvalue weighted by molar-refractivity contribution is 5.80. The molecule has 0 atom stereocenters. The predicted molar refractivity (Wildman–Crippen MR) is 68.2 cm³/mol. The quantitative estimate of drug-likeness (QED) is 0.383. The SMILES string of the molecule is [O]c1ccc2nc(Oc3c(F)c(F)c(F)c(F)c3F)ccc2c1. The van der Waals surface area contributed by atoms with E-state index in [1.807, 2.05) is 0 Å². The number of nitrogens with zero attached hydrogens (tertiary/aromatic N) is 1. The largest absolute Gasteiger partial charge is 0.433 e. The first-order valence-electron chi connectivity index (χ1n) is 6.15. The molecule has 0 saturated heterocycles. The van der Waals surface area contributed by atoms with Gasteiger partial charge >= 0.3 is 0 Å². The molecular formula is C15H5F5NO2. The van der Waals surface area contributed by atoms with Crippen LogP contribution in [0.4, 0.5) is 22.0 Å². The van der Waals surface area contributed by atoms with E-state index in [4.69, 9.17) is 4.74 Å². The van der Waals surface area contributed by atoms with Gasteiger partial charge in [0.15, 0.2) is 5.75 Å². The summed E-state index contributed by atoms with van der Waals surface area (Å²) in [5.74, 6) is -12.8. The molecule has 3 aromatic rings. The fourth-order valence-electron chi connectivity index (χ4n) is 1.92. The van der Waals surface area contributed by atoms with Gasteiger partial charge in [-0.05, 0) is 24.3 Å². The molecule has 1 aromatic heterocycles. The molecule has 117 valence electrons. The number of benzene rings is 2. The van der Waals surface area contributed by atoms with Crippen LogP contribution in [0, 0.1) is 29.1 Å². The van der Waals surface area contributed by atoms with Crippen molar-refractivity contribution in [3.05, 3.63) is 59.4 Å². The summed E-state index contributed by atoms with van der Waals surface area (Å²) in [6, 6.07) is 6.32. The summed E-state index contributed by atoms with van der Waals surface area (Å²) in [6.07, 6.45) is 0. The molecule has 23 heavy (non-hydrogen) atoms. The van der Waals surface area contributed by atoms with E-state index in [0.29, 0.717) is 5.39 Å². The third kappa shape index (κ3) is 2.52. The van der Waals surface area contributed by atoms with Gasteiger partial charge in [-0.3, -0.25) is 5.11 Å². The molecule has 8 heteroatoms. The lowest BCUT2D eigenvalue weighted by Gasteiger charge is -2.09. The number of fused-ring (bicyclic) bond motifs is 1. The number of ether oxygens (including phenoxy) is 1. The molecule has 2 aromatic carbocycles. The van der Waals surface area contributed by atoms with Crippen LogP contribution in [0.2, 0.25) is 0 Å². The minimum atomic E-state index is -2.28. The van der Waals surface area contributed by atoms with Crippen molar-refractivity contribution in [2.75, 3.05) is 0 Å². The molecule has 0 bridgehead atoms. The van der Waals surface area contributed by atoms with Gasteiger partial charge < -0.3 is 4.74 Å². The lowest BCUT2D eigenvalue weighted by molar-refractivity contribution is 0.328. The van der Waals surface area contributed by atoms with Gasteiger partial charge in [0, 0.05) is 11.5 Å².